The topological polar surface area (TPSA) is 24.5 Å². The molecule has 0 aromatic heterocycles. The van der Waals surface area contributed by atoms with Crippen molar-refractivity contribution in [2.45, 2.75) is 19.3 Å². The largest absolute Gasteiger partial charge is 0.492 e. The van der Waals surface area contributed by atoms with Crippen molar-refractivity contribution in [2.24, 2.45) is 0 Å². The number of benzene rings is 1. The molecule has 1 fully saturated rings. The Labute approximate surface area is 110 Å². The number of likely N-dealkylation sites (tertiary alicyclic amines) is 1. The molecule has 2 rings (SSSR count). The highest BCUT2D eigenvalue weighted by molar-refractivity contribution is 5.20. The molecular weight excluding hydrogens is 224 g/mol. The summed E-state index contributed by atoms with van der Waals surface area (Å²) < 4.78 is 5.62. The maximum absolute atomic E-state index is 5.62. The summed E-state index contributed by atoms with van der Waals surface area (Å²) in [5.74, 6) is 0.954. The number of nitrogens with one attached hydrogen (secondary N) is 1. The maximum Gasteiger partial charge on any atom is 0.119 e. The minimum absolute atomic E-state index is 0.740. The van der Waals surface area contributed by atoms with Crippen LogP contribution in [0.1, 0.15) is 19.3 Å². The summed E-state index contributed by atoms with van der Waals surface area (Å²) in [6.07, 6.45) is 4.16. The summed E-state index contributed by atoms with van der Waals surface area (Å²) in [4.78, 5) is 2.55. The molecule has 1 heterocycles. The SMILES string of the molecule is c1ccc(OCCNCCN2CCCCC2)cc1. The zero-order valence-corrected chi connectivity index (χ0v) is 11.1. The van der Waals surface area contributed by atoms with Gasteiger partial charge in [-0.3, -0.25) is 0 Å². The Morgan fingerprint density at radius 2 is 1.78 bits per heavy atom. The van der Waals surface area contributed by atoms with Gasteiger partial charge in [-0.25, -0.2) is 0 Å². The van der Waals surface area contributed by atoms with Crippen molar-refractivity contribution in [1.82, 2.24) is 10.2 Å². The highest BCUT2D eigenvalue weighted by Crippen LogP contribution is 2.08. The molecule has 0 aliphatic carbocycles. The first-order valence-corrected chi connectivity index (χ1v) is 7.06. The number of hydrogen-bond donors (Lipinski definition) is 1. The van der Waals surface area contributed by atoms with Gasteiger partial charge < -0.3 is 15.0 Å². The number of rotatable bonds is 7. The van der Waals surface area contributed by atoms with Gasteiger partial charge in [-0.05, 0) is 38.1 Å². The monoisotopic (exact) mass is 248 g/mol. The predicted octanol–water partition coefficient (Wildman–Crippen LogP) is 2.14. The van der Waals surface area contributed by atoms with Crippen LogP contribution in [0.2, 0.25) is 0 Å². The Bertz CT molecular complexity index is 310. The van der Waals surface area contributed by atoms with Gasteiger partial charge in [-0.1, -0.05) is 24.6 Å². The average molecular weight is 248 g/mol. The molecule has 0 atom stereocenters. The predicted molar refractivity (Wildman–Crippen MR) is 75.1 cm³/mol. The van der Waals surface area contributed by atoms with E-state index in [1.54, 1.807) is 0 Å². The number of nitrogens with zero attached hydrogens (tertiary/aromatic N) is 1. The van der Waals surface area contributed by atoms with Crippen LogP contribution in [0.5, 0.6) is 5.75 Å². The van der Waals surface area contributed by atoms with Crippen molar-refractivity contribution in [3.05, 3.63) is 30.3 Å². The van der Waals surface area contributed by atoms with Gasteiger partial charge in [0, 0.05) is 19.6 Å². The molecule has 1 aromatic rings. The molecule has 1 saturated heterocycles. The van der Waals surface area contributed by atoms with Crippen molar-refractivity contribution in [1.29, 1.82) is 0 Å². The molecule has 1 aromatic carbocycles. The van der Waals surface area contributed by atoms with Crippen LogP contribution >= 0.6 is 0 Å². The zero-order chi connectivity index (χ0) is 12.5. The molecule has 0 radical (unpaired) electrons. The molecule has 0 saturated carbocycles. The number of hydrogen-bond acceptors (Lipinski definition) is 3. The van der Waals surface area contributed by atoms with E-state index >= 15 is 0 Å². The van der Waals surface area contributed by atoms with E-state index in [4.69, 9.17) is 4.74 Å². The first kappa shape index (κ1) is 13.4. The van der Waals surface area contributed by atoms with E-state index in [0.29, 0.717) is 0 Å². The summed E-state index contributed by atoms with van der Waals surface area (Å²) in [5.41, 5.74) is 0. The molecule has 100 valence electrons. The summed E-state index contributed by atoms with van der Waals surface area (Å²) in [6, 6.07) is 9.99. The van der Waals surface area contributed by atoms with Crippen LogP contribution in [0.15, 0.2) is 30.3 Å². The summed E-state index contributed by atoms with van der Waals surface area (Å²) in [6.45, 7) is 6.46. The van der Waals surface area contributed by atoms with Gasteiger partial charge in [0.2, 0.25) is 0 Å². The molecule has 0 spiro atoms. The van der Waals surface area contributed by atoms with E-state index in [0.717, 1.165) is 25.4 Å². The minimum atomic E-state index is 0.740. The third-order valence-corrected chi connectivity index (χ3v) is 3.34. The van der Waals surface area contributed by atoms with Crippen LogP contribution in [0, 0.1) is 0 Å². The maximum atomic E-state index is 5.62. The number of ether oxygens (including phenoxy) is 1. The van der Waals surface area contributed by atoms with Crippen LogP contribution in [-0.2, 0) is 0 Å². The second kappa shape index (κ2) is 8.11. The van der Waals surface area contributed by atoms with Gasteiger partial charge in [-0.2, -0.15) is 0 Å². The summed E-state index contributed by atoms with van der Waals surface area (Å²) in [7, 11) is 0. The Hall–Kier alpha value is -1.06. The van der Waals surface area contributed by atoms with E-state index in [1.165, 1.54) is 38.9 Å². The van der Waals surface area contributed by atoms with Gasteiger partial charge in [0.15, 0.2) is 0 Å². The van der Waals surface area contributed by atoms with Crippen molar-refractivity contribution in [3.63, 3.8) is 0 Å². The Morgan fingerprint density at radius 1 is 1.00 bits per heavy atom. The second-order valence-electron chi connectivity index (χ2n) is 4.81. The van der Waals surface area contributed by atoms with Crippen LogP contribution in [0.4, 0.5) is 0 Å². The van der Waals surface area contributed by atoms with Crippen molar-refractivity contribution in [3.8, 4) is 5.75 Å². The second-order valence-corrected chi connectivity index (χ2v) is 4.81. The van der Waals surface area contributed by atoms with Gasteiger partial charge in [-0.15, -0.1) is 0 Å². The first-order chi connectivity index (χ1) is 8.95. The molecule has 3 nitrogen and oxygen atoms in total. The van der Waals surface area contributed by atoms with Crippen LogP contribution in [0.3, 0.4) is 0 Å². The smallest absolute Gasteiger partial charge is 0.119 e. The highest BCUT2D eigenvalue weighted by atomic mass is 16.5. The fraction of sp³-hybridized carbons (Fsp3) is 0.600. The van der Waals surface area contributed by atoms with Crippen LogP contribution < -0.4 is 10.1 Å². The van der Waals surface area contributed by atoms with E-state index in [1.807, 2.05) is 30.3 Å². The lowest BCUT2D eigenvalue weighted by atomic mass is 10.1. The van der Waals surface area contributed by atoms with Gasteiger partial charge >= 0.3 is 0 Å². The van der Waals surface area contributed by atoms with Crippen molar-refractivity contribution < 1.29 is 4.74 Å². The lowest BCUT2D eigenvalue weighted by Gasteiger charge is -2.26. The lowest BCUT2D eigenvalue weighted by molar-refractivity contribution is 0.226. The van der Waals surface area contributed by atoms with E-state index < -0.39 is 0 Å². The van der Waals surface area contributed by atoms with Crippen molar-refractivity contribution in [2.75, 3.05) is 39.3 Å². The number of para-hydroxylation sites is 1. The van der Waals surface area contributed by atoms with Gasteiger partial charge in [0.05, 0.1) is 0 Å². The molecule has 1 aliphatic heterocycles. The Morgan fingerprint density at radius 3 is 2.56 bits per heavy atom. The van der Waals surface area contributed by atoms with E-state index in [9.17, 15) is 0 Å². The third kappa shape index (κ3) is 5.07. The Kier molecular flexibility index (Phi) is 6.03. The Balaban J connectivity index is 1.46. The average Bonchev–Trinajstić information content (AvgIpc) is 2.45. The first-order valence-electron chi connectivity index (χ1n) is 7.06. The molecule has 0 unspecified atom stereocenters. The molecule has 18 heavy (non-hydrogen) atoms. The fourth-order valence-corrected chi connectivity index (χ4v) is 2.30. The lowest BCUT2D eigenvalue weighted by Crippen LogP contribution is -2.36. The quantitative estimate of drug-likeness (QED) is 0.748. The molecule has 1 N–H and O–H groups in total. The standard InChI is InChI=1S/C15H24N2O/c1-3-7-15(8-4-1)18-14-10-16-9-13-17-11-5-2-6-12-17/h1,3-4,7-8,16H,2,5-6,9-14H2. The minimum Gasteiger partial charge on any atom is -0.492 e. The fourth-order valence-electron chi connectivity index (χ4n) is 2.30. The van der Waals surface area contributed by atoms with Crippen LogP contribution in [0.25, 0.3) is 0 Å². The van der Waals surface area contributed by atoms with E-state index in [2.05, 4.69) is 10.2 Å². The third-order valence-electron chi connectivity index (χ3n) is 3.34. The zero-order valence-electron chi connectivity index (χ0n) is 11.1. The molecule has 1 aliphatic rings. The molecule has 0 bridgehead atoms. The molecular formula is C15H24N2O. The van der Waals surface area contributed by atoms with Gasteiger partial charge in [0.1, 0.15) is 12.4 Å². The van der Waals surface area contributed by atoms with Gasteiger partial charge in [0.25, 0.3) is 0 Å². The molecule has 3 heteroatoms. The summed E-state index contributed by atoms with van der Waals surface area (Å²) in [5, 5.41) is 3.44. The van der Waals surface area contributed by atoms with Crippen LogP contribution in [-0.4, -0.2) is 44.2 Å². The normalized spacial score (nSPS) is 16.7. The summed E-state index contributed by atoms with van der Waals surface area (Å²) >= 11 is 0. The molecule has 0 amide bonds. The number of piperidine rings is 1. The van der Waals surface area contributed by atoms with E-state index in [-0.39, 0.29) is 0 Å². The van der Waals surface area contributed by atoms with Crippen molar-refractivity contribution >= 4 is 0 Å². The highest BCUT2D eigenvalue weighted by Gasteiger charge is 2.08.